The van der Waals surface area contributed by atoms with Gasteiger partial charge in [0.25, 0.3) is 5.56 Å². The largest absolute Gasteiger partial charge is 0.495 e. The summed E-state index contributed by atoms with van der Waals surface area (Å²) in [6.07, 6.45) is 1.50. The van der Waals surface area contributed by atoms with Gasteiger partial charge in [0.15, 0.2) is 6.17 Å². The average molecular weight is 407 g/mol. The van der Waals surface area contributed by atoms with Gasteiger partial charge in [-0.15, -0.1) is 11.8 Å². The van der Waals surface area contributed by atoms with Crippen LogP contribution in [0.1, 0.15) is 17.4 Å². The Balaban J connectivity index is 1.79. The smallest absolute Gasteiger partial charge is 0.257 e. The van der Waals surface area contributed by atoms with Crippen molar-refractivity contribution in [2.75, 3.05) is 24.0 Å². The molecular formula is C21H21N5O2S. The monoisotopic (exact) mass is 407 g/mol. The maximum Gasteiger partial charge on any atom is 0.257 e. The van der Waals surface area contributed by atoms with Crippen LogP contribution in [0.2, 0.25) is 0 Å². The zero-order valence-corrected chi connectivity index (χ0v) is 17.2. The van der Waals surface area contributed by atoms with Gasteiger partial charge in [-0.2, -0.15) is 0 Å². The van der Waals surface area contributed by atoms with Crippen LogP contribution in [0.25, 0.3) is 0 Å². The summed E-state index contributed by atoms with van der Waals surface area (Å²) < 4.78 is 6.98. The summed E-state index contributed by atoms with van der Waals surface area (Å²) in [5.74, 6) is 1.63. The fourth-order valence-corrected chi connectivity index (χ4v) is 3.60. The molecule has 0 saturated carbocycles. The normalized spacial score (nSPS) is 15.1. The number of aromatic nitrogens is 2. The molecule has 0 fully saturated rings. The summed E-state index contributed by atoms with van der Waals surface area (Å²) in [6, 6.07) is 17.1. The number of nitrogens with one attached hydrogen (secondary N) is 2. The minimum Gasteiger partial charge on any atom is -0.495 e. The molecule has 7 nitrogen and oxygen atoms in total. The first kappa shape index (κ1) is 19.1. The van der Waals surface area contributed by atoms with Crippen LogP contribution in [-0.4, -0.2) is 28.9 Å². The number of thioether (sulfide) groups is 1. The lowest BCUT2D eigenvalue weighted by Gasteiger charge is -2.27. The molecule has 0 aliphatic carbocycles. The number of guanidine groups is 1. The third-order valence-corrected chi connectivity index (χ3v) is 5.32. The van der Waals surface area contributed by atoms with Crippen molar-refractivity contribution in [2.45, 2.75) is 18.0 Å². The van der Waals surface area contributed by atoms with Gasteiger partial charge in [0.1, 0.15) is 5.75 Å². The highest BCUT2D eigenvalue weighted by Crippen LogP contribution is 2.29. The molecule has 148 valence electrons. The van der Waals surface area contributed by atoms with Crippen molar-refractivity contribution in [2.24, 2.45) is 4.99 Å². The van der Waals surface area contributed by atoms with E-state index in [1.54, 1.807) is 30.4 Å². The van der Waals surface area contributed by atoms with Gasteiger partial charge in [-0.25, -0.2) is 9.98 Å². The number of ether oxygens (including phenoxy) is 1. The summed E-state index contributed by atoms with van der Waals surface area (Å²) >= 11 is 1.67. The Hall–Kier alpha value is -3.26. The van der Waals surface area contributed by atoms with Gasteiger partial charge in [-0.1, -0.05) is 24.3 Å². The summed E-state index contributed by atoms with van der Waals surface area (Å²) in [7, 11) is 1.62. The van der Waals surface area contributed by atoms with E-state index in [0.29, 0.717) is 23.4 Å². The van der Waals surface area contributed by atoms with Gasteiger partial charge in [0.05, 0.1) is 12.8 Å². The first-order chi connectivity index (χ1) is 14.1. The number of hydrogen-bond donors (Lipinski definition) is 2. The summed E-state index contributed by atoms with van der Waals surface area (Å²) in [4.78, 5) is 23.2. The fraction of sp³-hybridized carbons (Fsp3) is 0.190. The van der Waals surface area contributed by atoms with E-state index in [1.807, 2.05) is 54.8 Å². The Labute approximate surface area is 172 Å². The van der Waals surface area contributed by atoms with E-state index < -0.39 is 6.17 Å². The van der Waals surface area contributed by atoms with E-state index in [2.05, 4.69) is 15.6 Å². The third kappa shape index (κ3) is 3.84. The first-order valence-electron chi connectivity index (χ1n) is 9.08. The minimum atomic E-state index is -0.528. The lowest BCUT2D eigenvalue weighted by molar-refractivity contribution is 0.417. The number of methoxy groups -OCH3 is 1. The molecule has 0 unspecified atom stereocenters. The van der Waals surface area contributed by atoms with Crippen molar-refractivity contribution in [1.82, 2.24) is 9.55 Å². The van der Waals surface area contributed by atoms with Crippen LogP contribution in [-0.2, 0) is 0 Å². The highest BCUT2D eigenvalue weighted by molar-refractivity contribution is 7.98. The molecule has 1 aromatic heterocycles. The number of hydrogen-bond acceptors (Lipinski definition) is 7. The third-order valence-electron chi connectivity index (χ3n) is 4.58. The molecule has 1 aliphatic heterocycles. The number of nitrogens with zero attached hydrogens (tertiary/aromatic N) is 3. The van der Waals surface area contributed by atoms with Crippen LogP contribution >= 0.6 is 11.8 Å². The Kier molecular flexibility index (Phi) is 5.26. The van der Waals surface area contributed by atoms with Crippen LogP contribution < -0.4 is 20.9 Å². The number of benzene rings is 2. The van der Waals surface area contributed by atoms with Crippen molar-refractivity contribution >= 4 is 29.4 Å². The van der Waals surface area contributed by atoms with E-state index in [1.165, 1.54) is 6.07 Å². The highest BCUT2D eigenvalue weighted by atomic mass is 32.2. The molecule has 1 atom stereocenters. The van der Waals surface area contributed by atoms with Crippen molar-refractivity contribution in [3.8, 4) is 5.75 Å². The standard InChI is InChI=1S/C21H21N5O2S/c1-13-12-18(27)26-19(14-8-10-15(29-3)11-9-14)24-20(25-21(26)22-13)23-16-6-4-5-7-17(16)28-2/h4-12,19H,1-3H3,(H2,22,23,24,25)/t19-/m1/s1. The van der Waals surface area contributed by atoms with Crippen molar-refractivity contribution < 1.29 is 4.74 Å². The summed E-state index contributed by atoms with van der Waals surface area (Å²) in [6.45, 7) is 1.80. The van der Waals surface area contributed by atoms with Gasteiger partial charge < -0.3 is 10.1 Å². The van der Waals surface area contributed by atoms with Crippen LogP contribution in [0.3, 0.4) is 0 Å². The quantitative estimate of drug-likeness (QED) is 0.642. The number of aryl methyl sites for hydroxylation is 1. The predicted molar refractivity (Wildman–Crippen MR) is 117 cm³/mol. The van der Waals surface area contributed by atoms with Crippen LogP contribution in [0.15, 0.2) is 69.3 Å². The lowest BCUT2D eigenvalue weighted by atomic mass is 10.1. The van der Waals surface area contributed by atoms with Crippen molar-refractivity contribution in [3.05, 3.63) is 76.2 Å². The number of aliphatic imine (C=N–C) groups is 1. The number of anilines is 2. The van der Waals surface area contributed by atoms with Gasteiger partial charge in [-0.05, 0) is 43.0 Å². The first-order valence-corrected chi connectivity index (χ1v) is 10.3. The average Bonchev–Trinajstić information content (AvgIpc) is 2.73. The molecule has 0 amide bonds. The van der Waals surface area contributed by atoms with Gasteiger partial charge >= 0.3 is 0 Å². The molecular weight excluding hydrogens is 386 g/mol. The van der Waals surface area contributed by atoms with Crippen LogP contribution in [0.4, 0.5) is 11.6 Å². The Morgan fingerprint density at radius 3 is 2.66 bits per heavy atom. The van der Waals surface area contributed by atoms with Gasteiger partial charge in [0.2, 0.25) is 11.9 Å². The zero-order valence-electron chi connectivity index (χ0n) is 16.3. The topological polar surface area (TPSA) is 80.5 Å². The molecule has 4 rings (SSSR count). The molecule has 8 heteroatoms. The molecule has 3 aromatic rings. The maximum absolute atomic E-state index is 12.7. The highest BCUT2D eigenvalue weighted by Gasteiger charge is 2.25. The number of rotatable bonds is 4. The maximum atomic E-state index is 12.7. The van der Waals surface area contributed by atoms with Gasteiger partial charge in [0, 0.05) is 16.7 Å². The van der Waals surface area contributed by atoms with E-state index in [0.717, 1.165) is 16.1 Å². The number of para-hydroxylation sites is 2. The predicted octanol–water partition coefficient (Wildman–Crippen LogP) is 3.72. The molecule has 0 spiro atoms. The Bertz CT molecular complexity index is 1120. The second kappa shape index (κ2) is 8.00. The van der Waals surface area contributed by atoms with Crippen LogP contribution in [0.5, 0.6) is 5.75 Å². The zero-order chi connectivity index (χ0) is 20.4. The molecule has 2 N–H and O–H groups in total. The molecule has 0 saturated heterocycles. The molecule has 0 bridgehead atoms. The Morgan fingerprint density at radius 1 is 1.17 bits per heavy atom. The molecule has 0 radical (unpaired) electrons. The Morgan fingerprint density at radius 2 is 1.93 bits per heavy atom. The van der Waals surface area contributed by atoms with E-state index in [4.69, 9.17) is 9.73 Å². The minimum absolute atomic E-state index is 0.154. The lowest BCUT2D eigenvalue weighted by Crippen LogP contribution is -2.37. The fourth-order valence-electron chi connectivity index (χ4n) is 3.19. The molecule has 1 aliphatic rings. The number of fused-ring (bicyclic) bond motifs is 1. The molecule has 2 aromatic carbocycles. The van der Waals surface area contributed by atoms with Crippen molar-refractivity contribution in [3.63, 3.8) is 0 Å². The van der Waals surface area contributed by atoms with E-state index in [9.17, 15) is 4.79 Å². The van der Waals surface area contributed by atoms with E-state index >= 15 is 0 Å². The van der Waals surface area contributed by atoms with E-state index in [-0.39, 0.29) is 5.56 Å². The van der Waals surface area contributed by atoms with Crippen molar-refractivity contribution in [1.29, 1.82) is 0 Å². The van der Waals surface area contributed by atoms with Gasteiger partial charge in [-0.3, -0.25) is 14.7 Å². The van der Waals surface area contributed by atoms with Crippen LogP contribution in [0, 0.1) is 6.92 Å². The summed E-state index contributed by atoms with van der Waals surface area (Å²) in [5, 5.41) is 6.39. The second-order valence-electron chi connectivity index (χ2n) is 6.50. The molecule has 29 heavy (non-hydrogen) atoms. The summed E-state index contributed by atoms with van der Waals surface area (Å²) in [5.41, 5.74) is 2.15. The second-order valence-corrected chi connectivity index (χ2v) is 7.38. The SMILES string of the molecule is COc1ccccc1NC1=N[C@@H](c2ccc(SC)cc2)n2c(nc(C)cc2=O)N1. The molecule has 2 heterocycles.